The first-order chi connectivity index (χ1) is 16.1. The molecule has 2 N–H and O–H groups in total. The van der Waals surface area contributed by atoms with E-state index in [1.54, 1.807) is 0 Å². The minimum atomic E-state index is -6.59. The van der Waals surface area contributed by atoms with Crippen molar-refractivity contribution < 1.29 is 86.1 Å². The number of hydrogen-bond donors (Lipinski definition) is 0. The third-order valence-corrected chi connectivity index (χ3v) is 4.52. The summed E-state index contributed by atoms with van der Waals surface area (Å²) in [5, 5.41) is 0. The first kappa shape index (κ1) is 46.2. The van der Waals surface area contributed by atoms with E-state index in [2.05, 4.69) is 0 Å². The Hall–Kier alpha value is -0.769. The van der Waals surface area contributed by atoms with Gasteiger partial charge in [-0.15, -0.1) is 0 Å². The first-order valence-electron chi connectivity index (χ1n) is 9.88. The number of alkyl halides is 14. The normalized spacial score (nSPS) is 13.7. The van der Waals surface area contributed by atoms with E-state index >= 15 is 0 Å². The van der Waals surface area contributed by atoms with Gasteiger partial charge < -0.3 is 5.48 Å². The molecule has 0 aromatic carbocycles. The molecule has 0 radical (unpaired) electrons. The standard InChI is InChI=1S/2C10H11F7O2.Ba.H2O/c2*1-7(2,3)5(18)4-6(19)8(11,12)9(13,14)10(15,16)17;;/h2*4H2,1-3H3;;1H2/q;;+2;. The molecule has 0 bridgehead atoms. The van der Waals surface area contributed by atoms with Crippen LogP contribution in [-0.4, -0.2) is 114 Å². The molecule has 0 aliphatic rings. The van der Waals surface area contributed by atoms with E-state index in [4.69, 9.17) is 0 Å². The molecule has 0 saturated heterocycles. The Labute approximate surface area is 258 Å². The summed E-state index contributed by atoms with van der Waals surface area (Å²) in [6, 6.07) is 0. The average Bonchev–Trinajstić information content (AvgIpc) is 2.64. The third-order valence-electron chi connectivity index (χ3n) is 4.52. The number of halogens is 14. The molecule has 0 spiro atoms. The summed E-state index contributed by atoms with van der Waals surface area (Å²) in [5.41, 5.74) is -2.61. The number of carbonyl (C=O) groups excluding carboxylic acids is 4. The van der Waals surface area contributed by atoms with Crippen LogP contribution in [0.2, 0.25) is 0 Å². The Morgan fingerprint density at radius 3 is 0.725 bits per heavy atom. The van der Waals surface area contributed by atoms with E-state index in [1.165, 1.54) is 41.5 Å². The molecular formula is C20H24BaF14O5+2. The Morgan fingerprint density at radius 1 is 0.425 bits per heavy atom. The van der Waals surface area contributed by atoms with Crippen LogP contribution in [0.25, 0.3) is 0 Å². The molecule has 232 valence electrons. The molecule has 0 aromatic heterocycles. The van der Waals surface area contributed by atoms with Crippen LogP contribution >= 0.6 is 0 Å². The van der Waals surface area contributed by atoms with Crippen LogP contribution in [0.3, 0.4) is 0 Å². The zero-order valence-corrected chi connectivity index (χ0v) is 26.0. The van der Waals surface area contributed by atoms with E-state index in [0.717, 1.165) is 0 Å². The van der Waals surface area contributed by atoms with Crippen molar-refractivity contribution in [1.82, 2.24) is 0 Å². The fourth-order valence-corrected chi connectivity index (χ4v) is 1.75. The minimum Gasteiger partial charge on any atom is -0.412 e. The van der Waals surface area contributed by atoms with E-state index in [0.29, 0.717) is 0 Å². The van der Waals surface area contributed by atoms with Crippen LogP contribution in [0.4, 0.5) is 61.5 Å². The molecule has 0 rings (SSSR count). The molecule has 0 heterocycles. The van der Waals surface area contributed by atoms with Crippen molar-refractivity contribution >= 4 is 72.0 Å². The predicted molar refractivity (Wildman–Crippen MR) is 109 cm³/mol. The topological polar surface area (TPSA) is 99.8 Å². The molecule has 0 atom stereocenters. The largest absolute Gasteiger partial charge is 2.00 e. The minimum absolute atomic E-state index is 0. The molecule has 0 fully saturated rings. The molecule has 40 heavy (non-hydrogen) atoms. The first-order valence-corrected chi connectivity index (χ1v) is 9.88. The van der Waals surface area contributed by atoms with Crippen LogP contribution in [0, 0.1) is 10.8 Å². The monoisotopic (exact) mass is 748 g/mol. The molecule has 20 heteroatoms. The van der Waals surface area contributed by atoms with Gasteiger partial charge >= 0.3 is 84.9 Å². The SMILES string of the molecule is CC(C)(C)C(=O)CC(=O)C(F)(F)C(F)(F)C(F)(F)F.CC(C)(C)C(=O)CC(=O)C(F)(F)C(F)(F)C(F)(F)F.O.[Ba+2]. The second-order valence-corrected chi connectivity index (χ2v) is 9.84. The summed E-state index contributed by atoms with van der Waals surface area (Å²) in [6.45, 7) is 7.27. The van der Waals surface area contributed by atoms with Gasteiger partial charge in [-0.2, -0.15) is 61.5 Å². The smallest absolute Gasteiger partial charge is 0.412 e. The molecule has 0 aromatic rings. The molecular weight excluding hydrogens is 724 g/mol. The molecule has 0 amide bonds. The van der Waals surface area contributed by atoms with Crippen molar-refractivity contribution in [2.75, 3.05) is 0 Å². The Bertz CT molecular complexity index is 836. The van der Waals surface area contributed by atoms with Crippen molar-refractivity contribution in [1.29, 1.82) is 0 Å². The summed E-state index contributed by atoms with van der Waals surface area (Å²) < 4.78 is 172. The van der Waals surface area contributed by atoms with Crippen LogP contribution in [0.15, 0.2) is 0 Å². The maximum absolute atomic E-state index is 12.9. The van der Waals surface area contributed by atoms with Gasteiger partial charge in [0.05, 0.1) is 12.8 Å². The van der Waals surface area contributed by atoms with Gasteiger partial charge in [-0.05, 0) is 0 Å². The fraction of sp³-hybridized carbons (Fsp3) is 0.800. The Kier molecular flexibility index (Phi) is 16.3. The van der Waals surface area contributed by atoms with E-state index in [-0.39, 0.29) is 54.4 Å². The predicted octanol–water partition coefficient (Wildman–Crippen LogP) is 5.58. The second kappa shape index (κ2) is 14.1. The quantitative estimate of drug-likeness (QED) is 0.184. The van der Waals surface area contributed by atoms with Crippen LogP contribution < -0.4 is 0 Å². The molecule has 5 nitrogen and oxygen atoms in total. The fourth-order valence-electron chi connectivity index (χ4n) is 1.75. The van der Waals surface area contributed by atoms with E-state index in [1.807, 2.05) is 0 Å². The number of ketones is 4. The van der Waals surface area contributed by atoms with E-state index in [9.17, 15) is 80.6 Å². The number of carbonyl (C=O) groups is 4. The van der Waals surface area contributed by atoms with Gasteiger partial charge in [0.1, 0.15) is 11.6 Å². The van der Waals surface area contributed by atoms with Crippen LogP contribution in [0.1, 0.15) is 54.4 Å². The number of rotatable bonds is 8. The second-order valence-electron chi connectivity index (χ2n) is 9.84. The van der Waals surface area contributed by atoms with Gasteiger partial charge in [0.2, 0.25) is 11.6 Å². The maximum Gasteiger partial charge on any atom is 2.00 e. The van der Waals surface area contributed by atoms with Gasteiger partial charge in [0, 0.05) is 10.8 Å². The van der Waals surface area contributed by atoms with Crippen molar-refractivity contribution in [3.05, 3.63) is 0 Å². The zero-order chi connectivity index (χ0) is 31.7. The maximum atomic E-state index is 12.9. The molecule has 0 aliphatic carbocycles. The summed E-state index contributed by atoms with van der Waals surface area (Å²) in [5.74, 6) is -32.8. The Morgan fingerprint density at radius 2 is 0.600 bits per heavy atom. The van der Waals surface area contributed by atoms with E-state index < -0.39 is 82.8 Å². The van der Waals surface area contributed by atoms with Gasteiger partial charge in [-0.25, -0.2) is 0 Å². The average molecular weight is 748 g/mol. The molecule has 0 aliphatic heterocycles. The summed E-state index contributed by atoms with van der Waals surface area (Å²) in [7, 11) is 0. The van der Waals surface area contributed by atoms with Crippen LogP contribution in [0.5, 0.6) is 0 Å². The van der Waals surface area contributed by atoms with Gasteiger partial charge in [-0.3, -0.25) is 19.2 Å². The Balaban J connectivity index is -0.000000309. The van der Waals surface area contributed by atoms with Crippen LogP contribution in [-0.2, 0) is 19.2 Å². The number of hydrogen-bond acceptors (Lipinski definition) is 4. The zero-order valence-electron chi connectivity index (χ0n) is 21.5. The summed E-state index contributed by atoms with van der Waals surface area (Å²) in [4.78, 5) is 44.2. The third kappa shape index (κ3) is 10.8. The van der Waals surface area contributed by atoms with Crippen molar-refractivity contribution in [3.8, 4) is 0 Å². The van der Waals surface area contributed by atoms with Gasteiger partial charge in [-0.1, -0.05) is 41.5 Å². The number of Topliss-reactive ketones (excluding diaryl/α,β-unsaturated/α-hetero) is 4. The van der Waals surface area contributed by atoms with Gasteiger partial charge in [0.25, 0.3) is 0 Å². The van der Waals surface area contributed by atoms with Crippen molar-refractivity contribution in [2.45, 2.75) is 90.4 Å². The van der Waals surface area contributed by atoms with Crippen molar-refractivity contribution in [2.24, 2.45) is 10.8 Å². The van der Waals surface area contributed by atoms with Crippen molar-refractivity contribution in [3.63, 3.8) is 0 Å². The molecule has 0 saturated carbocycles. The summed E-state index contributed by atoms with van der Waals surface area (Å²) >= 11 is 0. The molecule has 0 unspecified atom stereocenters. The van der Waals surface area contributed by atoms with Gasteiger partial charge in [0.15, 0.2) is 0 Å². The summed E-state index contributed by atoms with van der Waals surface area (Å²) in [6.07, 6.45) is -16.6.